The van der Waals surface area contributed by atoms with E-state index in [1.165, 1.54) is 48.5 Å². The molecule has 0 aliphatic rings. The molecule has 162 valence electrons. The van der Waals surface area contributed by atoms with E-state index in [1.807, 2.05) is 19.1 Å². The van der Waals surface area contributed by atoms with Crippen LogP contribution in [-0.4, -0.2) is 20.4 Å². The molecule has 6 nitrogen and oxygen atoms in total. The van der Waals surface area contributed by atoms with Crippen LogP contribution in [0.3, 0.4) is 0 Å². The quantitative estimate of drug-likeness (QED) is 0.528. The second-order valence-electron chi connectivity index (χ2n) is 6.90. The zero-order valence-corrected chi connectivity index (χ0v) is 17.9. The Bertz CT molecular complexity index is 1150. The van der Waals surface area contributed by atoms with Crippen LogP contribution in [0.25, 0.3) is 0 Å². The highest BCUT2D eigenvalue weighted by Crippen LogP contribution is 2.21. The van der Waals surface area contributed by atoms with Crippen LogP contribution >= 0.6 is 0 Å². The Morgan fingerprint density at radius 3 is 2.26 bits per heavy atom. The highest BCUT2D eigenvalue weighted by Gasteiger charge is 2.20. The van der Waals surface area contributed by atoms with Gasteiger partial charge in [0.25, 0.3) is 15.9 Å². The summed E-state index contributed by atoms with van der Waals surface area (Å²) in [6.45, 7) is 3.61. The summed E-state index contributed by atoms with van der Waals surface area (Å²) < 4.78 is 46.5. The van der Waals surface area contributed by atoms with Crippen LogP contribution in [0.1, 0.15) is 18.9 Å². The van der Waals surface area contributed by atoms with Crippen LogP contribution in [0, 0.1) is 12.7 Å². The van der Waals surface area contributed by atoms with Crippen molar-refractivity contribution in [1.82, 2.24) is 0 Å². The fourth-order valence-corrected chi connectivity index (χ4v) is 3.96. The summed E-state index contributed by atoms with van der Waals surface area (Å²) in [6.07, 6.45) is -0.382. The molecule has 0 unspecified atom stereocenters. The van der Waals surface area contributed by atoms with E-state index < -0.39 is 21.9 Å². The van der Waals surface area contributed by atoms with E-state index in [1.54, 1.807) is 19.1 Å². The van der Waals surface area contributed by atoms with Crippen LogP contribution in [0.4, 0.5) is 15.8 Å². The van der Waals surface area contributed by atoms with Crippen molar-refractivity contribution >= 4 is 27.3 Å². The fourth-order valence-electron chi connectivity index (χ4n) is 2.83. The van der Waals surface area contributed by atoms with Crippen molar-refractivity contribution in [3.05, 3.63) is 84.2 Å². The number of hydrogen-bond donors (Lipinski definition) is 2. The van der Waals surface area contributed by atoms with E-state index in [4.69, 9.17) is 4.74 Å². The molecule has 3 rings (SSSR count). The van der Waals surface area contributed by atoms with E-state index in [9.17, 15) is 17.6 Å². The summed E-state index contributed by atoms with van der Waals surface area (Å²) in [5.74, 6) is -0.399. The number of anilines is 2. The Kier molecular flexibility index (Phi) is 6.91. The summed E-state index contributed by atoms with van der Waals surface area (Å²) in [5, 5.41) is 2.71. The van der Waals surface area contributed by atoms with Gasteiger partial charge >= 0.3 is 0 Å². The molecule has 3 aromatic carbocycles. The third-order valence-electron chi connectivity index (χ3n) is 4.58. The van der Waals surface area contributed by atoms with Gasteiger partial charge < -0.3 is 10.1 Å². The van der Waals surface area contributed by atoms with Gasteiger partial charge in [-0.2, -0.15) is 0 Å². The number of carbonyl (C=O) groups is 1. The number of sulfonamides is 1. The lowest BCUT2D eigenvalue weighted by molar-refractivity contribution is -0.122. The van der Waals surface area contributed by atoms with Gasteiger partial charge in [0.05, 0.1) is 10.6 Å². The molecule has 0 bridgehead atoms. The number of para-hydroxylation sites is 1. The number of halogens is 1. The maximum Gasteiger partial charge on any atom is 0.265 e. The maximum absolute atomic E-state index is 13.0. The molecule has 3 aromatic rings. The Morgan fingerprint density at radius 2 is 1.65 bits per heavy atom. The van der Waals surface area contributed by atoms with E-state index in [-0.39, 0.29) is 10.8 Å². The molecule has 1 amide bonds. The second kappa shape index (κ2) is 9.61. The Hall–Kier alpha value is -3.39. The maximum atomic E-state index is 13.0. The first-order chi connectivity index (χ1) is 14.8. The van der Waals surface area contributed by atoms with Crippen molar-refractivity contribution in [2.75, 3.05) is 10.0 Å². The summed E-state index contributed by atoms with van der Waals surface area (Å²) in [6, 6.07) is 18.3. The standard InChI is InChI=1S/C23H23FN2O4S/c1-3-22(30-19-12-8-17(24)9-13-19)23(27)25-18-10-14-20(15-11-18)31(28,29)26-21-7-5-4-6-16(21)2/h4-15,22,26H,3H2,1-2H3,(H,25,27)/t22-/m0/s1. The molecular formula is C23H23FN2O4S. The summed E-state index contributed by atoms with van der Waals surface area (Å²) in [4.78, 5) is 12.6. The lowest BCUT2D eigenvalue weighted by atomic mass is 10.2. The van der Waals surface area contributed by atoms with Crippen LogP contribution in [0.2, 0.25) is 0 Å². The van der Waals surface area contributed by atoms with Crippen LogP contribution in [0.5, 0.6) is 5.75 Å². The van der Waals surface area contributed by atoms with Crippen LogP contribution in [-0.2, 0) is 14.8 Å². The molecule has 0 spiro atoms. The normalized spacial score (nSPS) is 12.1. The highest BCUT2D eigenvalue weighted by molar-refractivity contribution is 7.92. The monoisotopic (exact) mass is 442 g/mol. The minimum absolute atomic E-state index is 0.0726. The molecule has 0 fully saturated rings. The topological polar surface area (TPSA) is 84.5 Å². The van der Waals surface area contributed by atoms with Gasteiger partial charge in [0.1, 0.15) is 11.6 Å². The van der Waals surface area contributed by atoms with Gasteiger partial charge in [-0.25, -0.2) is 12.8 Å². The predicted octanol–water partition coefficient (Wildman–Crippen LogP) is 4.73. The molecular weight excluding hydrogens is 419 g/mol. The third-order valence-corrected chi connectivity index (χ3v) is 5.96. The molecule has 8 heteroatoms. The average molecular weight is 443 g/mol. The van der Waals surface area contributed by atoms with Crippen molar-refractivity contribution in [3.8, 4) is 5.75 Å². The van der Waals surface area contributed by atoms with Gasteiger partial charge in [0.15, 0.2) is 6.10 Å². The van der Waals surface area contributed by atoms with Gasteiger partial charge in [-0.3, -0.25) is 9.52 Å². The first-order valence-electron chi connectivity index (χ1n) is 9.70. The van der Waals surface area contributed by atoms with Gasteiger partial charge in [0, 0.05) is 5.69 Å². The molecule has 0 aromatic heterocycles. The van der Waals surface area contributed by atoms with E-state index in [0.29, 0.717) is 23.5 Å². The summed E-state index contributed by atoms with van der Waals surface area (Å²) >= 11 is 0. The van der Waals surface area contributed by atoms with E-state index in [2.05, 4.69) is 10.0 Å². The fraction of sp³-hybridized carbons (Fsp3) is 0.174. The SMILES string of the molecule is CC[C@H](Oc1ccc(F)cc1)C(=O)Nc1ccc(S(=O)(=O)Nc2ccccc2C)cc1. The predicted molar refractivity (Wildman–Crippen MR) is 118 cm³/mol. The molecule has 31 heavy (non-hydrogen) atoms. The number of ether oxygens (including phenoxy) is 1. The molecule has 2 N–H and O–H groups in total. The lowest BCUT2D eigenvalue weighted by Gasteiger charge is -2.17. The first kappa shape index (κ1) is 22.3. The van der Waals surface area contributed by atoms with E-state index >= 15 is 0 Å². The van der Waals surface area contributed by atoms with Crippen LogP contribution in [0.15, 0.2) is 77.7 Å². The zero-order valence-electron chi connectivity index (χ0n) is 17.1. The van der Waals surface area contributed by atoms with Gasteiger partial charge in [0.2, 0.25) is 0 Å². The second-order valence-corrected chi connectivity index (χ2v) is 8.59. The van der Waals surface area contributed by atoms with Gasteiger partial charge in [-0.15, -0.1) is 0 Å². The van der Waals surface area contributed by atoms with Crippen molar-refractivity contribution in [2.24, 2.45) is 0 Å². The van der Waals surface area contributed by atoms with Crippen molar-refractivity contribution in [1.29, 1.82) is 0 Å². The largest absolute Gasteiger partial charge is 0.481 e. The number of nitrogens with one attached hydrogen (secondary N) is 2. The summed E-state index contributed by atoms with van der Waals surface area (Å²) in [5.41, 5.74) is 1.74. The Balaban J connectivity index is 1.67. The van der Waals surface area contributed by atoms with Crippen molar-refractivity contribution in [2.45, 2.75) is 31.3 Å². The van der Waals surface area contributed by atoms with E-state index in [0.717, 1.165) is 5.56 Å². The number of benzene rings is 3. The number of rotatable bonds is 8. The first-order valence-corrected chi connectivity index (χ1v) is 11.2. The van der Waals surface area contributed by atoms with Crippen molar-refractivity contribution < 1.29 is 22.3 Å². The lowest BCUT2D eigenvalue weighted by Crippen LogP contribution is -2.32. The molecule has 0 heterocycles. The minimum Gasteiger partial charge on any atom is -0.481 e. The molecule has 0 saturated heterocycles. The number of amides is 1. The molecule has 1 atom stereocenters. The molecule has 0 aliphatic carbocycles. The third kappa shape index (κ3) is 5.82. The number of hydrogen-bond acceptors (Lipinski definition) is 4. The smallest absolute Gasteiger partial charge is 0.265 e. The zero-order chi connectivity index (χ0) is 22.4. The molecule has 0 radical (unpaired) electrons. The molecule has 0 saturated carbocycles. The average Bonchev–Trinajstić information content (AvgIpc) is 2.75. The number of aryl methyl sites for hydroxylation is 1. The van der Waals surface area contributed by atoms with Gasteiger partial charge in [-0.05, 0) is 73.5 Å². The van der Waals surface area contributed by atoms with Crippen LogP contribution < -0.4 is 14.8 Å². The summed E-state index contributed by atoms with van der Waals surface area (Å²) in [7, 11) is -3.76. The Labute approximate surface area is 181 Å². The molecule has 0 aliphatic heterocycles. The highest BCUT2D eigenvalue weighted by atomic mass is 32.2. The number of carbonyl (C=O) groups excluding carboxylic acids is 1. The minimum atomic E-state index is -3.76. The van der Waals surface area contributed by atoms with Crippen molar-refractivity contribution in [3.63, 3.8) is 0 Å². The van der Waals surface area contributed by atoms with Gasteiger partial charge in [-0.1, -0.05) is 25.1 Å². The Morgan fingerprint density at radius 1 is 1.00 bits per heavy atom.